The Morgan fingerprint density at radius 2 is 2.40 bits per heavy atom. The summed E-state index contributed by atoms with van der Waals surface area (Å²) < 4.78 is 5.01. The van der Waals surface area contributed by atoms with Crippen molar-refractivity contribution in [3.8, 4) is 0 Å². The first-order valence-corrected chi connectivity index (χ1v) is 5.99. The third-order valence-electron chi connectivity index (χ3n) is 2.39. The predicted molar refractivity (Wildman–Crippen MR) is 63.1 cm³/mol. The zero-order valence-electron chi connectivity index (χ0n) is 8.77. The third kappa shape index (κ3) is 2.94. The van der Waals surface area contributed by atoms with Crippen LogP contribution in [0.15, 0.2) is 40.5 Å². The van der Waals surface area contributed by atoms with Crippen LogP contribution in [-0.2, 0) is 6.54 Å². The van der Waals surface area contributed by atoms with Crippen molar-refractivity contribution in [2.45, 2.75) is 19.4 Å². The van der Waals surface area contributed by atoms with Gasteiger partial charge in [0, 0.05) is 29.4 Å². The average molecular weight is 221 g/mol. The lowest BCUT2D eigenvalue weighted by Crippen LogP contribution is -2.18. The molecule has 0 bridgehead atoms. The van der Waals surface area contributed by atoms with Crippen LogP contribution in [0, 0.1) is 0 Å². The fourth-order valence-corrected chi connectivity index (χ4v) is 2.29. The molecule has 0 spiro atoms. The molecule has 0 fully saturated rings. The van der Waals surface area contributed by atoms with Crippen molar-refractivity contribution in [3.63, 3.8) is 0 Å². The molecule has 2 nitrogen and oxygen atoms in total. The molecule has 0 radical (unpaired) electrons. The van der Waals surface area contributed by atoms with Gasteiger partial charge in [-0.25, -0.2) is 0 Å². The van der Waals surface area contributed by atoms with Crippen LogP contribution < -0.4 is 5.32 Å². The van der Waals surface area contributed by atoms with Crippen LogP contribution in [0.2, 0.25) is 0 Å². The standard InChI is InChI=1S/C12H15NOS/c1-10(12-3-2-6-15-12)7-13-8-11-4-5-14-9-11/h2-6,9-10,13H,7-8H2,1H3. The summed E-state index contributed by atoms with van der Waals surface area (Å²) in [6, 6.07) is 6.28. The van der Waals surface area contributed by atoms with E-state index in [2.05, 4.69) is 29.8 Å². The maximum Gasteiger partial charge on any atom is 0.0947 e. The van der Waals surface area contributed by atoms with Gasteiger partial charge in [0.15, 0.2) is 0 Å². The van der Waals surface area contributed by atoms with Gasteiger partial charge in [0.05, 0.1) is 12.5 Å². The molecule has 1 unspecified atom stereocenters. The van der Waals surface area contributed by atoms with Crippen molar-refractivity contribution in [3.05, 3.63) is 46.5 Å². The van der Waals surface area contributed by atoms with Crippen LogP contribution in [-0.4, -0.2) is 6.54 Å². The van der Waals surface area contributed by atoms with Gasteiger partial charge in [-0.1, -0.05) is 13.0 Å². The van der Waals surface area contributed by atoms with Crippen molar-refractivity contribution in [2.24, 2.45) is 0 Å². The second-order valence-corrected chi connectivity index (χ2v) is 4.66. The van der Waals surface area contributed by atoms with Gasteiger partial charge in [-0.3, -0.25) is 0 Å². The van der Waals surface area contributed by atoms with Crippen LogP contribution in [0.4, 0.5) is 0 Å². The molecule has 0 saturated carbocycles. The third-order valence-corrected chi connectivity index (χ3v) is 3.49. The van der Waals surface area contributed by atoms with Crippen LogP contribution in [0.1, 0.15) is 23.3 Å². The summed E-state index contributed by atoms with van der Waals surface area (Å²) in [5.74, 6) is 0.580. The first-order chi connectivity index (χ1) is 7.36. The lowest BCUT2D eigenvalue weighted by Gasteiger charge is -2.09. The molecule has 0 amide bonds. The van der Waals surface area contributed by atoms with E-state index in [0.717, 1.165) is 13.1 Å². The van der Waals surface area contributed by atoms with Crippen molar-refractivity contribution >= 4 is 11.3 Å². The smallest absolute Gasteiger partial charge is 0.0947 e. The van der Waals surface area contributed by atoms with Gasteiger partial charge < -0.3 is 9.73 Å². The first kappa shape index (κ1) is 10.5. The van der Waals surface area contributed by atoms with Gasteiger partial charge in [0.1, 0.15) is 0 Å². The summed E-state index contributed by atoms with van der Waals surface area (Å²) in [7, 11) is 0. The number of hydrogen-bond acceptors (Lipinski definition) is 3. The number of hydrogen-bond donors (Lipinski definition) is 1. The van der Waals surface area contributed by atoms with E-state index in [1.165, 1.54) is 10.4 Å². The normalized spacial score (nSPS) is 12.9. The SMILES string of the molecule is CC(CNCc1ccoc1)c1cccs1. The summed E-state index contributed by atoms with van der Waals surface area (Å²) in [5, 5.41) is 5.55. The maximum atomic E-state index is 5.01. The fourth-order valence-electron chi connectivity index (χ4n) is 1.50. The molecule has 1 atom stereocenters. The highest BCUT2D eigenvalue weighted by Crippen LogP contribution is 2.19. The molecule has 0 aromatic carbocycles. The van der Waals surface area contributed by atoms with E-state index in [9.17, 15) is 0 Å². The molecule has 2 heterocycles. The molecule has 2 rings (SSSR count). The Labute approximate surface area is 93.9 Å². The first-order valence-electron chi connectivity index (χ1n) is 5.11. The van der Waals surface area contributed by atoms with Gasteiger partial charge >= 0.3 is 0 Å². The molecule has 80 valence electrons. The van der Waals surface area contributed by atoms with E-state index in [0.29, 0.717) is 5.92 Å². The van der Waals surface area contributed by atoms with Crippen LogP contribution in [0.5, 0.6) is 0 Å². The minimum absolute atomic E-state index is 0.580. The highest BCUT2D eigenvalue weighted by molar-refractivity contribution is 7.10. The second-order valence-electron chi connectivity index (χ2n) is 3.68. The number of rotatable bonds is 5. The zero-order valence-corrected chi connectivity index (χ0v) is 9.59. The van der Waals surface area contributed by atoms with Gasteiger partial charge in [0.25, 0.3) is 0 Å². The Morgan fingerprint density at radius 3 is 3.07 bits per heavy atom. The number of nitrogens with one attached hydrogen (secondary N) is 1. The van der Waals surface area contributed by atoms with Crippen LogP contribution >= 0.6 is 11.3 Å². The molecule has 0 aliphatic carbocycles. The zero-order chi connectivity index (χ0) is 10.5. The summed E-state index contributed by atoms with van der Waals surface area (Å²) in [5.41, 5.74) is 1.20. The van der Waals surface area contributed by atoms with Gasteiger partial charge in [-0.15, -0.1) is 11.3 Å². The number of furan rings is 1. The van der Waals surface area contributed by atoms with Crippen molar-refractivity contribution in [1.29, 1.82) is 0 Å². The van der Waals surface area contributed by atoms with E-state index in [1.54, 1.807) is 12.5 Å². The summed E-state index contributed by atoms with van der Waals surface area (Å²) >= 11 is 1.82. The van der Waals surface area contributed by atoms with Gasteiger partial charge in [-0.2, -0.15) is 0 Å². The molecule has 2 aromatic heterocycles. The monoisotopic (exact) mass is 221 g/mol. The topological polar surface area (TPSA) is 25.2 Å². The van der Waals surface area contributed by atoms with E-state index >= 15 is 0 Å². The van der Waals surface area contributed by atoms with Crippen molar-refractivity contribution in [2.75, 3.05) is 6.54 Å². The van der Waals surface area contributed by atoms with Crippen LogP contribution in [0.25, 0.3) is 0 Å². The van der Waals surface area contributed by atoms with Gasteiger partial charge in [0.2, 0.25) is 0 Å². The molecule has 1 N–H and O–H groups in total. The molecular weight excluding hydrogens is 206 g/mol. The lowest BCUT2D eigenvalue weighted by molar-refractivity contribution is 0.557. The predicted octanol–water partition coefficient (Wildman–Crippen LogP) is 3.23. The molecule has 2 aromatic rings. The summed E-state index contributed by atoms with van der Waals surface area (Å²) in [6.07, 6.45) is 3.49. The van der Waals surface area contributed by atoms with Crippen LogP contribution in [0.3, 0.4) is 0 Å². The highest BCUT2D eigenvalue weighted by atomic mass is 32.1. The minimum atomic E-state index is 0.580. The van der Waals surface area contributed by atoms with E-state index < -0.39 is 0 Å². The molecule has 0 saturated heterocycles. The molecule has 3 heteroatoms. The Kier molecular flexibility index (Phi) is 3.59. The largest absolute Gasteiger partial charge is 0.472 e. The molecular formula is C12H15NOS. The lowest BCUT2D eigenvalue weighted by atomic mass is 10.1. The van der Waals surface area contributed by atoms with E-state index in [4.69, 9.17) is 4.42 Å². The van der Waals surface area contributed by atoms with Crippen molar-refractivity contribution < 1.29 is 4.42 Å². The number of thiophene rings is 1. The summed E-state index contributed by atoms with van der Waals surface area (Å²) in [6.45, 7) is 4.13. The molecule has 15 heavy (non-hydrogen) atoms. The Morgan fingerprint density at radius 1 is 1.47 bits per heavy atom. The molecule has 0 aliphatic heterocycles. The molecule has 0 aliphatic rings. The average Bonchev–Trinajstić information content (AvgIpc) is 2.90. The quantitative estimate of drug-likeness (QED) is 0.838. The minimum Gasteiger partial charge on any atom is -0.472 e. The summed E-state index contributed by atoms with van der Waals surface area (Å²) in [4.78, 5) is 1.44. The van der Waals surface area contributed by atoms with Gasteiger partial charge in [-0.05, 0) is 17.5 Å². The second kappa shape index (κ2) is 5.14. The van der Waals surface area contributed by atoms with E-state index in [1.807, 2.05) is 17.4 Å². The highest BCUT2D eigenvalue weighted by Gasteiger charge is 2.05. The Hall–Kier alpha value is -1.06. The Balaban J connectivity index is 1.74. The Bertz CT molecular complexity index is 366. The van der Waals surface area contributed by atoms with E-state index in [-0.39, 0.29) is 0 Å². The fraction of sp³-hybridized carbons (Fsp3) is 0.333. The maximum absolute atomic E-state index is 5.01. The van der Waals surface area contributed by atoms with Crippen molar-refractivity contribution in [1.82, 2.24) is 5.32 Å².